The van der Waals surface area contributed by atoms with Crippen LogP contribution in [0.4, 0.5) is 0 Å². The van der Waals surface area contributed by atoms with Crippen LogP contribution in [0.5, 0.6) is 0 Å². The Labute approximate surface area is 74.2 Å². The lowest BCUT2D eigenvalue weighted by molar-refractivity contribution is 0.112. The van der Waals surface area contributed by atoms with Gasteiger partial charge in [-0.15, -0.1) is 0 Å². The summed E-state index contributed by atoms with van der Waals surface area (Å²) in [7, 11) is 0. The molecule has 13 heavy (non-hydrogen) atoms. The highest BCUT2D eigenvalue weighted by molar-refractivity contribution is 5.83. The third kappa shape index (κ3) is 1.33. The van der Waals surface area contributed by atoms with Crippen molar-refractivity contribution in [3.63, 3.8) is 0 Å². The van der Waals surface area contributed by atoms with Gasteiger partial charge in [0.15, 0.2) is 12.0 Å². The lowest BCUT2D eigenvalue weighted by Crippen LogP contribution is -1.83. The molecule has 2 rings (SSSR count). The Morgan fingerprint density at radius 1 is 1.38 bits per heavy atom. The van der Waals surface area contributed by atoms with Crippen LogP contribution in [0, 0.1) is 0 Å². The first kappa shape index (κ1) is 7.67. The van der Waals surface area contributed by atoms with Gasteiger partial charge in [0.1, 0.15) is 5.69 Å². The standard InChI is InChI=1S/C9H6N2O2/c12-6-7-5-11-13-9(7)8-3-1-2-4-10-8/h1-6H. The molecule has 4 heteroatoms. The Bertz CT molecular complexity index is 409. The van der Waals surface area contributed by atoms with Gasteiger partial charge < -0.3 is 4.52 Å². The van der Waals surface area contributed by atoms with Crippen molar-refractivity contribution in [2.24, 2.45) is 0 Å². The Morgan fingerprint density at radius 3 is 3.00 bits per heavy atom. The molecule has 0 unspecified atom stereocenters. The van der Waals surface area contributed by atoms with Gasteiger partial charge >= 0.3 is 0 Å². The molecule has 2 aromatic rings. The van der Waals surface area contributed by atoms with E-state index in [1.54, 1.807) is 18.3 Å². The topological polar surface area (TPSA) is 56.0 Å². The molecule has 2 aromatic heterocycles. The number of hydrogen-bond acceptors (Lipinski definition) is 4. The summed E-state index contributed by atoms with van der Waals surface area (Å²) in [6.45, 7) is 0. The summed E-state index contributed by atoms with van der Waals surface area (Å²) in [6.07, 6.45) is 3.70. The van der Waals surface area contributed by atoms with E-state index in [1.807, 2.05) is 6.07 Å². The van der Waals surface area contributed by atoms with Crippen LogP contribution in [0.2, 0.25) is 0 Å². The van der Waals surface area contributed by atoms with E-state index < -0.39 is 0 Å². The smallest absolute Gasteiger partial charge is 0.195 e. The average Bonchev–Trinajstić information content (AvgIpc) is 2.67. The van der Waals surface area contributed by atoms with Crippen molar-refractivity contribution >= 4 is 6.29 Å². The van der Waals surface area contributed by atoms with Crippen LogP contribution in [0.25, 0.3) is 11.5 Å². The van der Waals surface area contributed by atoms with Crippen molar-refractivity contribution in [1.29, 1.82) is 0 Å². The number of carbonyl (C=O) groups is 1. The number of pyridine rings is 1. The number of hydrogen-bond donors (Lipinski definition) is 0. The lowest BCUT2D eigenvalue weighted by Gasteiger charge is -1.92. The Morgan fingerprint density at radius 2 is 2.31 bits per heavy atom. The van der Waals surface area contributed by atoms with Gasteiger partial charge in [-0.25, -0.2) is 0 Å². The van der Waals surface area contributed by atoms with E-state index in [-0.39, 0.29) is 0 Å². The second kappa shape index (κ2) is 3.18. The van der Waals surface area contributed by atoms with Gasteiger partial charge in [0.2, 0.25) is 0 Å². The van der Waals surface area contributed by atoms with Crippen molar-refractivity contribution < 1.29 is 9.32 Å². The third-order valence-corrected chi connectivity index (χ3v) is 1.62. The van der Waals surface area contributed by atoms with Crippen molar-refractivity contribution in [3.8, 4) is 11.5 Å². The first-order valence-electron chi connectivity index (χ1n) is 3.73. The van der Waals surface area contributed by atoms with E-state index >= 15 is 0 Å². The summed E-state index contributed by atoms with van der Waals surface area (Å²) >= 11 is 0. The second-order valence-electron chi connectivity index (χ2n) is 2.44. The van der Waals surface area contributed by atoms with Gasteiger partial charge in [-0.2, -0.15) is 0 Å². The minimum atomic E-state index is 0.413. The molecule has 0 aliphatic heterocycles. The molecule has 0 fully saturated rings. The molecule has 0 radical (unpaired) electrons. The monoisotopic (exact) mass is 174 g/mol. The zero-order chi connectivity index (χ0) is 9.10. The maximum atomic E-state index is 10.5. The van der Waals surface area contributed by atoms with Gasteiger partial charge in [-0.1, -0.05) is 11.2 Å². The normalized spacial score (nSPS) is 9.85. The molecule has 0 N–H and O–H groups in total. The van der Waals surface area contributed by atoms with Crippen LogP contribution in [0.3, 0.4) is 0 Å². The highest BCUT2D eigenvalue weighted by atomic mass is 16.5. The SMILES string of the molecule is O=Cc1cnoc1-c1ccccn1. The van der Waals surface area contributed by atoms with Gasteiger partial charge in [0, 0.05) is 6.20 Å². The predicted octanol–water partition coefficient (Wildman–Crippen LogP) is 1.55. The molecule has 0 atom stereocenters. The van der Waals surface area contributed by atoms with Gasteiger partial charge in [-0.05, 0) is 12.1 Å². The van der Waals surface area contributed by atoms with E-state index in [1.165, 1.54) is 6.20 Å². The molecule has 2 heterocycles. The van der Waals surface area contributed by atoms with Crippen LogP contribution < -0.4 is 0 Å². The summed E-state index contributed by atoms with van der Waals surface area (Å²) in [4.78, 5) is 14.6. The number of nitrogens with zero attached hydrogens (tertiary/aromatic N) is 2. The highest BCUT2D eigenvalue weighted by Crippen LogP contribution is 2.18. The second-order valence-corrected chi connectivity index (χ2v) is 2.44. The minimum absolute atomic E-state index is 0.413. The molecular weight excluding hydrogens is 168 g/mol. The fourth-order valence-corrected chi connectivity index (χ4v) is 1.02. The van der Waals surface area contributed by atoms with Crippen molar-refractivity contribution in [1.82, 2.24) is 10.1 Å². The first-order valence-corrected chi connectivity index (χ1v) is 3.73. The molecule has 4 nitrogen and oxygen atoms in total. The van der Waals surface area contributed by atoms with Crippen molar-refractivity contribution in [2.45, 2.75) is 0 Å². The van der Waals surface area contributed by atoms with E-state index in [4.69, 9.17) is 4.52 Å². The maximum Gasteiger partial charge on any atom is 0.195 e. The third-order valence-electron chi connectivity index (χ3n) is 1.62. The summed E-state index contributed by atoms with van der Waals surface area (Å²) in [5, 5.41) is 3.52. The zero-order valence-corrected chi connectivity index (χ0v) is 6.68. The van der Waals surface area contributed by atoms with Crippen molar-refractivity contribution in [3.05, 3.63) is 36.2 Å². The van der Waals surface area contributed by atoms with Crippen LogP contribution in [0.15, 0.2) is 35.1 Å². The molecule has 0 amide bonds. The maximum absolute atomic E-state index is 10.5. The highest BCUT2D eigenvalue weighted by Gasteiger charge is 2.09. The Balaban J connectivity index is 2.52. The van der Waals surface area contributed by atoms with Gasteiger partial charge in [0.25, 0.3) is 0 Å². The largest absolute Gasteiger partial charge is 0.354 e. The fraction of sp³-hybridized carbons (Fsp3) is 0. The number of aldehydes is 1. The molecule has 0 spiro atoms. The van der Waals surface area contributed by atoms with Gasteiger partial charge in [-0.3, -0.25) is 9.78 Å². The van der Waals surface area contributed by atoms with E-state index in [0.717, 1.165) is 0 Å². The summed E-state index contributed by atoms with van der Waals surface area (Å²) in [5.41, 5.74) is 1.03. The number of rotatable bonds is 2. The average molecular weight is 174 g/mol. The molecule has 0 saturated carbocycles. The van der Waals surface area contributed by atoms with Crippen LogP contribution in [-0.4, -0.2) is 16.4 Å². The first-order chi connectivity index (χ1) is 6.42. The van der Waals surface area contributed by atoms with Crippen LogP contribution >= 0.6 is 0 Å². The van der Waals surface area contributed by atoms with Crippen molar-refractivity contribution in [2.75, 3.05) is 0 Å². The fourth-order valence-electron chi connectivity index (χ4n) is 1.02. The Kier molecular flexibility index (Phi) is 1.88. The van der Waals surface area contributed by atoms with Gasteiger partial charge in [0.05, 0.1) is 11.8 Å². The molecule has 0 aliphatic rings. The number of carbonyl (C=O) groups excluding carboxylic acids is 1. The van der Waals surface area contributed by atoms with E-state index in [9.17, 15) is 4.79 Å². The molecule has 0 aliphatic carbocycles. The summed E-state index contributed by atoms with van der Waals surface area (Å²) in [6, 6.07) is 5.37. The molecule has 0 bridgehead atoms. The van der Waals surface area contributed by atoms with E-state index in [0.29, 0.717) is 23.3 Å². The molecular formula is C9H6N2O2. The van der Waals surface area contributed by atoms with E-state index in [2.05, 4.69) is 10.1 Å². The zero-order valence-electron chi connectivity index (χ0n) is 6.68. The minimum Gasteiger partial charge on any atom is -0.354 e. The quantitative estimate of drug-likeness (QED) is 0.648. The molecule has 0 aromatic carbocycles. The Hall–Kier alpha value is -1.97. The number of aromatic nitrogens is 2. The van der Waals surface area contributed by atoms with Crippen LogP contribution in [-0.2, 0) is 0 Å². The summed E-state index contributed by atoms with van der Waals surface area (Å²) < 4.78 is 4.90. The lowest BCUT2D eigenvalue weighted by atomic mass is 10.2. The van der Waals surface area contributed by atoms with Crippen LogP contribution in [0.1, 0.15) is 10.4 Å². The summed E-state index contributed by atoms with van der Waals surface area (Å²) in [5.74, 6) is 0.413. The predicted molar refractivity (Wildman–Crippen MR) is 45.1 cm³/mol. The molecule has 0 saturated heterocycles. The molecule has 64 valence electrons.